The summed E-state index contributed by atoms with van der Waals surface area (Å²) in [6, 6.07) is 0. The Balaban J connectivity index is 1.74. The molecule has 13 atom stereocenters. The van der Waals surface area contributed by atoms with E-state index in [-0.39, 0.29) is 31.1 Å². The Morgan fingerprint density at radius 2 is 1.39 bits per heavy atom. The minimum Gasteiger partial charge on any atom is -0.390 e. The van der Waals surface area contributed by atoms with Gasteiger partial charge in [-0.15, -0.1) is 0 Å². The minimum absolute atomic E-state index is 0.0472. The highest BCUT2D eigenvalue weighted by atomic mass is 16.4. The zero-order valence-corrected chi connectivity index (χ0v) is 22.3. The molecule has 0 aromatic heterocycles. The van der Waals surface area contributed by atoms with Crippen molar-refractivity contribution >= 4 is 0 Å². The third kappa shape index (κ3) is 3.34. The van der Waals surface area contributed by atoms with E-state index in [1.54, 1.807) is 20.8 Å². The van der Waals surface area contributed by atoms with Crippen LogP contribution in [0.5, 0.6) is 0 Å². The van der Waals surface area contributed by atoms with Crippen LogP contribution >= 0.6 is 0 Å². The maximum Gasteiger partial charge on any atom is 0.128 e. The monoisotopic (exact) mass is 516 g/mol. The van der Waals surface area contributed by atoms with Crippen molar-refractivity contribution in [2.45, 2.75) is 139 Å². The van der Waals surface area contributed by atoms with Crippen molar-refractivity contribution in [2.24, 2.45) is 28.6 Å². The molecule has 4 rings (SSSR count). The van der Waals surface area contributed by atoms with Gasteiger partial charge in [0.25, 0.3) is 0 Å². The van der Waals surface area contributed by atoms with Gasteiger partial charge in [-0.1, -0.05) is 33.6 Å². The summed E-state index contributed by atoms with van der Waals surface area (Å²) in [4.78, 5) is 0. The third-order valence-corrected chi connectivity index (χ3v) is 11.5. The Labute approximate surface area is 213 Å². The van der Waals surface area contributed by atoms with Crippen molar-refractivity contribution < 1.29 is 46.0 Å². The zero-order valence-electron chi connectivity index (χ0n) is 22.3. The Morgan fingerprint density at radius 3 is 1.97 bits per heavy atom. The van der Waals surface area contributed by atoms with Gasteiger partial charge in [0.2, 0.25) is 0 Å². The van der Waals surface area contributed by atoms with E-state index in [4.69, 9.17) is 0 Å². The number of rotatable bonds is 5. The largest absolute Gasteiger partial charge is 0.390 e. The Morgan fingerprint density at radius 1 is 0.833 bits per heavy atom. The van der Waals surface area contributed by atoms with Gasteiger partial charge in [0.05, 0.1) is 17.8 Å². The number of hydrogen-bond donors (Lipinski definition) is 9. The normalized spacial score (nSPS) is 56.0. The molecule has 9 N–H and O–H groups in total. The van der Waals surface area contributed by atoms with Gasteiger partial charge in [0.1, 0.15) is 35.1 Å². The van der Waals surface area contributed by atoms with E-state index in [0.717, 1.165) is 12.8 Å². The predicted octanol–water partition coefficient (Wildman–Crippen LogP) is -0.189. The van der Waals surface area contributed by atoms with Crippen LogP contribution in [0.1, 0.15) is 86.0 Å². The molecular formula is C27H48O9. The highest BCUT2D eigenvalue weighted by Crippen LogP contribution is 2.72. The molecule has 4 aliphatic rings. The highest BCUT2D eigenvalue weighted by molar-refractivity contribution is 5.33. The van der Waals surface area contributed by atoms with Gasteiger partial charge in [0, 0.05) is 16.7 Å². The summed E-state index contributed by atoms with van der Waals surface area (Å²) in [7, 11) is 0. The first kappa shape index (κ1) is 28.6. The molecule has 210 valence electrons. The van der Waals surface area contributed by atoms with Crippen molar-refractivity contribution in [3.63, 3.8) is 0 Å². The van der Waals surface area contributed by atoms with Crippen LogP contribution in [0, 0.1) is 28.6 Å². The molecule has 5 unspecified atom stereocenters. The molecule has 9 heteroatoms. The fourth-order valence-corrected chi connectivity index (χ4v) is 9.40. The smallest absolute Gasteiger partial charge is 0.128 e. The first-order valence-corrected chi connectivity index (χ1v) is 13.6. The van der Waals surface area contributed by atoms with E-state index in [9.17, 15) is 46.0 Å². The molecule has 4 fully saturated rings. The predicted molar refractivity (Wildman–Crippen MR) is 130 cm³/mol. The van der Waals surface area contributed by atoms with Gasteiger partial charge < -0.3 is 46.0 Å². The number of fused-ring (bicyclic) bond motifs is 5. The SMILES string of the molecule is C[C@H](CCCC(C)(C)O)[C@H]1CC(O)[C@]2(O)[C@]1(C)CC[C@@H]1[C@@]3(C)CCC(O)C(O)[C@]3(O)C(O)C(O)[C@]12O. The van der Waals surface area contributed by atoms with Crippen LogP contribution in [-0.2, 0) is 0 Å². The van der Waals surface area contributed by atoms with Gasteiger partial charge in [0.15, 0.2) is 0 Å². The standard InChI is InChI=1S/C27H48O9/c1-14(7-6-10-22(2,3)33)15-13-18(29)27(36)23(15,4)12-9-17-24(5)11-8-16(28)19(30)26(24,35)21(32)20(31)25(17,27)34/h14-21,28-36H,6-13H2,1-5H3/t14-,15-,16?,17-,18?,19?,20?,21?,23-,24-,25-,26+,27+/m1/s1. The fraction of sp³-hybridized carbons (Fsp3) is 1.00. The average molecular weight is 517 g/mol. The number of aliphatic hydroxyl groups excluding tert-OH is 5. The molecular weight excluding hydrogens is 468 g/mol. The Bertz CT molecular complexity index is 848. The molecule has 0 bridgehead atoms. The van der Waals surface area contributed by atoms with Gasteiger partial charge in [-0.05, 0) is 64.2 Å². The van der Waals surface area contributed by atoms with E-state index in [0.29, 0.717) is 19.3 Å². The molecule has 4 aliphatic carbocycles. The Hall–Kier alpha value is -0.360. The van der Waals surface area contributed by atoms with Crippen molar-refractivity contribution in [3.8, 4) is 0 Å². The molecule has 0 aliphatic heterocycles. The molecule has 4 saturated carbocycles. The van der Waals surface area contributed by atoms with Crippen LogP contribution in [0.3, 0.4) is 0 Å². The molecule has 0 amide bonds. The Kier molecular flexibility index (Phi) is 6.82. The molecule has 0 aromatic rings. The summed E-state index contributed by atoms with van der Waals surface area (Å²) >= 11 is 0. The van der Waals surface area contributed by atoms with Crippen molar-refractivity contribution in [1.29, 1.82) is 0 Å². The van der Waals surface area contributed by atoms with Crippen LogP contribution in [-0.4, -0.2) is 98.9 Å². The van der Waals surface area contributed by atoms with Crippen LogP contribution < -0.4 is 0 Å². The van der Waals surface area contributed by atoms with Crippen LogP contribution in [0.15, 0.2) is 0 Å². The highest BCUT2D eigenvalue weighted by Gasteiger charge is 2.84. The van der Waals surface area contributed by atoms with Crippen LogP contribution in [0.2, 0.25) is 0 Å². The van der Waals surface area contributed by atoms with Gasteiger partial charge >= 0.3 is 0 Å². The minimum atomic E-state index is -2.36. The fourth-order valence-electron chi connectivity index (χ4n) is 9.40. The number of aliphatic hydroxyl groups is 9. The molecule has 0 aromatic carbocycles. The van der Waals surface area contributed by atoms with Crippen LogP contribution in [0.4, 0.5) is 0 Å². The van der Waals surface area contributed by atoms with Crippen molar-refractivity contribution in [2.75, 3.05) is 0 Å². The lowest BCUT2D eigenvalue weighted by Gasteiger charge is -2.72. The summed E-state index contributed by atoms with van der Waals surface area (Å²) in [5, 5.41) is 102. The summed E-state index contributed by atoms with van der Waals surface area (Å²) in [6.45, 7) is 9.01. The van der Waals surface area contributed by atoms with Gasteiger partial charge in [-0.25, -0.2) is 0 Å². The lowest BCUT2D eigenvalue weighted by molar-refractivity contribution is -0.401. The lowest BCUT2D eigenvalue weighted by Crippen LogP contribution is -2.88. The van der Waals surface area contributed by atoms with E-state index < -0.39 is 69.7 Å². The summed E-state index contributed by atoms with van der Waals surface area (Å²) in [5.41, 5.74) is -9.97. The maximum absolute atomic E-state index is 12.4. The second-order valence-corrected chi connectivity index (χ2v) is 13.8. The summed E-state index contributed by atoms with van der Waals surface area (Å²) in [5.74, 6) is -1.10. The van der Waals surface area contributed by atoms with E-state index in [2.05, 4.69) is 0 Å². The second-order valence-electron chi connectivity index (χ2n) is 13.8. The van der Waals surface area contributed by atoms with Gasteiger partial charge in [-0.3, -0.25) is 0 Å². The number of hydrogen-bond acceptors (Lipinski definition) is 9. The maximum atomic E-state index is 12.4. The molecule has 0 radical (unpaired) electrons. The zero-order chi connectivity index (χ0) is 27.3. The van der Waals surface area contributed by atoms with Crippen LogP contribution in [0.25, 0.3) is 0 Å². The summed E-state index contributed by atoms with van der Waals surface area (Å²) in [6.07, 6.45) is -5.27. The topological polar surface area (TPSA) is 182 Å². The molecule has 36 heavy (non-hydrogen) atoms. The molecule has 0 spiro atoms. The first-order valence-electron chi connectivity index (χ1n) is 13.6. The average Bonchev–Trinajstić information content (AvgIpc) is 3.00. The van der Waals surface area contributed by atoms with E-state index in [1.807, 2.05) is 13.8 Å². The summed E-state index contributed by atoms with van der Waals surface area (Å²) < 4.78 is 0. The molecule has 0 heterocycles. The van der Waals surface area contributed by atoms with Crippen molar-refractivity contribution in [1.82, 2.24) is 0 Å². The first-order chi connectivity index (χ1) is 16.3. The molecule has 9 nitrogen and oxygen atoms in total. The van der Waals surface area contributed by atoms with Gasteiger partial charge in [-0.2, -0.15) is 0 Å². The van der Waals surface area contributed by atoms with Crippen molar-refractivity contribution in [3.05, 3.63) is 0 Å². The quantitative estimate of drug-likeness (QED) is 0.239. The molecule has 0 saturated heterocycles. The van der Waals surface area contributed by atoms with E-state index in [1.165, 1.54) is 0 Å². The van der Waals surface area contributed by atoms with E-state index >= 15 is 0 Å². The second kappa shape index (κ2) is 8.57. The lowest BCUT2D eigenvalue weighted by atomic mass is 9.38. The third-order valence-electron chi connectivity index (χ3n) is 11.5.